The number of benzene rings is 1. The topological polar surface area (TPSA) is 59.3 Å². The van der Waals surface area contributed by atoms with E-state index in [4.69, 9.17) is 5.11 Å². The van der Waals surface area contributed by atoms with Crippen molar-refractivity contribution in [1.82, 2.24) is 4.57 Å². The molecule has 1 heterocycles. The van der Waals surface area contributed by atoms with Crippen molar-refractivity contribution in [3.8, 4) is 0 Å². The fraction of sp³-hybridized carbons (Fsp3) is 0. The number of carboxylic acid groups (broad SMARTS) is 1. The SMILES string of the molecule is C=CC(=O)n1ccc2cc(C(=O)O)ccc21. The number of aromatic nitrogens is 1. The lowest BCUT2D eigenvalue weighted by Gasteiger charge is -2.00. The first-order valence-corrected chi connectivity index (χ1v) is 4.64. The molecule has 0 atom stereocenters. The molecule has 0 fully saturated rings. The molecule has 0 aliphatic heterocycles. The van der Waals surface area contributed by atoms with Crippen LogP contribution in [0, 0.1) is 0 Å². The normalized spacial score (nSPS) is 10.2. The highest BCUT2D eigenvalue weighted by Gasteiger charge is 2.08. The summed E-state index contributed by atoms with van der Waals surface area (Å²) < 4.78 is 1.42. The number of fused-ring (bicyclic) bond motifs is 1. The highest BCUT2D eigenvalue weighted by atomic mass is 16.4. The van der Waals surface area contributed by atoms with Crippen molar-refractivity contribution < 1.29 is 14.7 Å². The van der Waals surface area contributed by atoms with Gasteiger partial charge >= 0.3 is 5.97 Å². The Kier molecular flexibility index (Phi) is 2.32. The maximum Gasteiger partial charge on any atom is 0.335 e. The Morgan fingerprint density at radius 2 is 2.06 bits per heavy atom. The van der Waals surface area contributed by atoms with E-state index in [1.807, 2.05) is 0 Å². The summed E-state index contributed by atoms with van der Waals surface area (Å²) in [5.74, 6) is -1.22. The van der Waals surface area contributed by atoms with Crippen LogP contribution in [0.15, 0.2) is 43.1 Å². The number of carbonyl (C=O) groups excluding carboxylic acids is 1. The molecular formula is C12H9NO3. The van der Waals surface area contributed by atoms with Crippen LogP contribution < -0.4 is 0 Å². The number of allylic oxidation sites excluding steroid dienone is 1. The van der Waals surface area contributed by atoms with Gasteiger partial charge in [-0.15, -0.1) is 0 Å². The summed E-state index contributed by atoms with van der Waals surface area (Å²) in [6.45, 7) is 3.40. The van der Waals surface area contributed by atoms with Gasteiger partial charge in [0, 0.05) is 11.6 Å². The third-order valence-electron chi connectivity index (χ3n) is 2.35. The van der Waals surface area contributed by atoms with Crippen molar-refractivity contribution in [2.45, 2.75) is 0 Å². The molecule has 1 aromatic carbocycles. The predicted molar refractivity (Wildman–Crippen MR) is 59.7 cm³/mol. The molecule has 1 aromatic heterocycles. The number of hydrogen-bond acceptors (Lipinski definition) is 2. The van der Waals surface area contributed by atoms with E-state index in [0.717, 1.165) is 5.39 Å². The highest BCUT2D eigenvalue weighted by molar-refractivity contribution is 6.00. The van der Waals surface area contributed by atoms with Gasteiger partial charge in [0.25, 0.3) is 5.91 Å². The van der Waals surface area contributed by atoms with Crippen LogP contribution in [-0.4, -0.2) is 21.6 Å². The van der Waals surface area contributed by atoms with Crippen LogP contribution in [0.25, 0.3) is 10.9 Å². The second-order valence-electron chi connectivity index (χ2n) is 3.31. The van der Waals surface area contributed by atoms with Crippen molar-refractivity contribution in [2.24, 2.45) is 0 Å². The van der Waals surface area contributed by atoms with Gasteiger partial charge in [-0.2, -0.15) is 0 Å². The number of hydrogen-bond donors (Lipinski definition) is 1. The Balaban J connectivity index is 2.63. The van der Waals surface area contributed by atoms with Crippen molar-refractivity contribution in [1.29, 1.82) is 0 Å². The molecule has 1 N–H and O–H groups in total. The van der Waals surface area contributed by atoms with Gasteiger partial charge in [-0.1, -0.05) is 6.58 Å². The lowest BCUT2D eigenvalue weighted by molar-refractivity contribution is 0.0697. The highest BCUT2D eigenvalue weighted by Crippen LogP contribution is 2.17. The molecule has 0 bridgehead atoms. The van der Waals surface area contributed by atoms with Crippen LogP contribution in [0.3, 0.4) is 0 Å². The summed E-state index contributed by atoms with van der Waals surface area (Å²) >= 11 is 0. The molecular weight excluding hydrogens is 206 g/mol. The molecule has 16 heavy (non-hydrogen) atoms. The first-order chi connectivity index (χ1) is 7.63. The summed E-state index contributed by atoms with van der Waals surface area (Å²) in [7, 11) is 0. The van der Waals surface area contributed by atoms with Crippen molar-refractivity contribution in [2.75, 3.05) is 0 Å². The average molecular weight is 215 g/mol. The number of nitrogens with zero attached hydrogens (tertiary/aromatic N) is 1. The minimum absolute atomic E-state index is 0.205. The summed E-state index contributed by atoms with van der Waals surface area (Å²) in [5.41, 5.74) is 0.881. The van der Waals surface area contributed by atoms with E-state index in [0.29, 0.717) is 5.52 Å². The van der Waals surface area contributed by atoms with Gasteiger partial charge in [0.05, 0.1) is 11.1 Å². The maximum atomic E-state index is 11.4. The van der Waals surface area contributed by atoms with Gasteiger partial charge in [0.1, 0.15) is 0 Å². The first kappa shape index (κ1) is 10.2. The number of rotatable bonds is 2. The molecule has 0 saturated carbocycles. The third kappa shape index (κ3) is 1.50. The molecule has 0 radical (unpaired) electrons. The first-order valence-electron chi connectivity index (χ1n) is 4.64. The lowest BCUT2D eigenvalue weighted by Crippen LogP contribution is -2.04. The predicted octanol–water partition coefficient (Wildman–Crippen LogP) is 2.17. The molecule has 80 valence electrons. The molecule has 0 aliphatic rings. The molecule has 2 rings (SSSR count). The van der Waals surface area contributed by atoms with Gasteiger partial charge in [-0.3, -0.25) is 9.36 Å². The van der Waals surface area contributed by atoms with E-state index in [-0.39, 0.29) is 11.5 Å². The Morgan fingerprint density at radius 3 is 2.69 bits per heavy atom. The monoisotopic (exact) mass is 215 g/mol. The molecule has 0 saturated heterocycles. The Morgan fingerprint density at radius 1 is 1.31 bits per heavy atom. The largest absolute Gasteiger partial charge is 0.478 e. The number of aromatic carboxylic acids is 1. The minimum atomic E-state index is -0.982. The zero-order chi connectivity index (χ0) is 11.7. The van der Waals surface area contributed by atoms with Gasteiger partial charge in [-0.05, 0) is 30.3 Å². The lowest BCUT2D eigenvalue weighted by atomic mass is 10.1. The van der Waals surface area contributed by atoms with Crippen molar-refractivity contribution in [3.63, 3.8) is 0 Å². The van der Waals surface area contributed by atoms with Crippen LogP contribution in [0.2, 0.25) is 0 Å². The van der Waals surface area contributed by atoms with E-state index >= 15 is 0 Å². The second-order valence-corrected chi connectivity index (χ2v) is 3.31. The van der Waals surface area contributed by atoms with E-state index in [1.165, 1.54) is 22.8 Å². The zero-order valence-electron chi connectivity index (χ0n) is 8.38. The van der Waals surface area contributed by atoms with E-state index in [1.54, 1.807) is 18.3 Å². The zero-order valence-corrected chi connectivity index (χ0v) is 8.38. The van der Waals surface area contributed by atoms with Crippen molar-refractivity contribution >= 4 is 22.8 Å². The second kappa shape index (κ2) is 3.66. The van der Waals surface area contributed by atoms with E-state index in [9.17, 15) is 9.59 Å². The van der Waals surface area contributed by atoms with Crippen LogP contribution in [0.1, 0.15) is 15.2 Å². The van der Waals surface area contributed by atoms with Crippen LogP contribution in [-0.2, 0) is 0 Å². The number of carbonyl (C=O) groups is 2. The fourth-order valence-corrected chi connectivity index (χ4v) is 1.57. The van der Waals surface area contributed by atoms with Crippen LogP contribution in [0.5, 0.6) is 0 Å². The molecule has 0 aliphatic carbocycles. The smallest absolute Gasteiger partial charge is 0.335 e. The summed E-state index contributed by atoms with van der Waals surface area (Å²) in [4.78, 5) is 22.2. The van der Waals surface area contributed by atoms with E-state index in [2.05, 4.69) is 6.58 Å². The third-order valence-corrected chi connectivity index (χ3v) is 2.35. The van der Waals surface area contributed by atoms with Gasteiger partial charge in [0.2, 0.25) is 0 Å². The van der Waals surface area contributed by atoms with Crippen molar-refractivity contribution in [3.05, 3.63) is 48.7 Å². The van der Waals surface area contributed by atoms with Gasteiger partial charge in [0.15, 0.2) is 0 Å². The van der Waals surface area contributed by atoms with Gasteiger partial charge in [-0.25, -0.2) is 4.79 Å². The summed E-state index contributed by atoms with van der Waals surface area (Å²) in [6.07, 6.45) is 2.81. The molecule has 0 amide bonds. The standard InChI is InChI=1S/C12H9NO3/c1-2-11(14)13-6-5-8-7-9(12(15)16)3-4-10(8)13/h2-7H,1H2,(H,15,16). The Bertz CT molecular complexity index is 595. The quantitative estimate of drug-likeness (QED) is 0.781. The summed E-state index contributed by atoms with van der Waals surface area (Å²) in [6, 6.07) is 6.31. The fourth-order valence-electron chi connectivity index (χ4n) is 1.57. The van der Waals surface area contributed by atoms with Crippen LogP contribution >= 0.6 is 0 Å². The molecule has 4 heteroatoms. The molecule has 0 spiro atoms. The molecule has 4 nitrogen and oxygen atoms in total. The Labute approximate surface area is 91.4 Å². The Hall–Kier alpha value is -2.36. The molecule has 2 aromatic rings. The maximum absolute atomic E-state index is 11.4. The van der Waals surface area contributed by atoms with E-state index < -0.39 is 5.97 Å². The van der Waals surface area contributed by atoms with Gasteiger partial charge < -0.3 is 5.11 Å². The van der Waals surface area contributed by atoms with Crippen LogP contribution in [0.4, 0.5) is 0 Å². The number of carboxylic acids is 1. The average Bonchev–Trinajstić information content (AvgIpc) is 2.70. The minimum Gasteiger partial charge on any atom is -0.478 e. The molecule has 0 unspecified atom stereocenters. The summed E-state index contributed by atoms with van der Waals surface area (Å²) in [5, 5.41) is 9.53.